The van der Waals surface area contributed by atoms with Crippen LogP contribution in [-0.2, 0) is 19.1 Å². The molecule has 2 aromatic heterocycles. The predicted octanol–water partition coefficient (Wildman–Crippen LogP) is 1.78. The Morgan fingerprint density at radius 2 is 1.85 bits per heavy atom. The van der Waals surface area contributed by atoms with Gasteiger partial charge in [-0.15, -0.1) is 0 Å². The summed E-state index contributed by atoms with van der Waals surface area (Å²) in [7, 11) is -9.25. The van der Waals surface area contributed by atoms with Gasteiger partial charge in [0.2, 0.25) is 0 Å². The summed E-state index contributed by atoms with van der Waals surface area (Å²) in [6.45, 7) is 1.84. The first-order valence-corrected chi connectivity index (χ1v) is 15.4. The van der Waals surface area contributed by atoms with E-state index in [9.17, 15) is 28.5 Å². The number of rotatable bonds is 8. The first kappa shape index (κ1) is 29.0. The lowest BCUT2D eigenvalue weighted by Crippen LogP contribution is -2.35. The minimum absolute atomic E-state index is 0.0525. The molecule has 1 fully saturated rings. The summed E-state index contributed by atoms with van der Waals surface area (Å²) < 4.78 is 42.6. The van der Waals surface area contributed by atoms with Crippen LogP contribution in [0, 0.1) is 22.7 Å². The van der Waals surface area contributed by atoms with Gasteiger partial charge in [-0.05, 0) is 30.7 Å². The quantitative estimate of drug-likeness (QED) is 0.186. The molecule has 206 valence electrons. The van der Waals surface area contributed by atoms with Gasteiger partial charge in [-0.3, -0.25) is 4.57 Å². The van der Waals surface area contributed by atoms with Crippen LogP contribution in [0.15, 0.2) is 36.5 Å². The average Bonchev–Trinajstić information content (AvgIpc) is 3.38. The molecule has 4 rings (SSSR count). The Morgan fingerprint density at radius 3 is 2.44 bits per heavy atom. The molecule has 0 radical (unpaired) electrons. The maximum absolute atomic E-state index is 12.2. The van der Waals surface area contributed by atoms with Gasteiger partial charge in [0, 0.05) is 17.6 Å². The number of halogens is 1. The minimum Gasteiger partial charge on any atom is -0.387 e. The van der Waals surface area contributed by atoms with Crippen molar-refractivity contribution in [2.24, 2.45) is 0 Å². The third-order valence-electron chi connectivity index (χ3n) is 6.22. The number of pyridine rings is 1. The maximum Gasteiger partial charge on any atom is 0.340 e. The SMILES string of the molecule is C[C@@H](Nc1c(C#N)c(Cl)nc2c1ccn2[C@@H]1O[C@H](CS(=O)(=O)CP(=O)(O)O)[C@@H](O)[C@H]1O)c1ccc(C#N)cc1. The van der Waals surface area contributed by atoms with Crippen LogP contribution in [-0.4, -0.2) is 67.5 Å². The zero-order valence-electron chi connectivity index (χ0n) is 20.2. The van der Waals surface area contributed by atoms with Gasteiger partial charge < -0.3 is 34.6 Å². The molecule has 0 unspecified atom stereocenters. The Morgan fingerprint density at radius 1 is 1.18 bits per heavy atom. The molecule has 0 spiro atoms. The van der Waals surface area contributed by atoms with Gasteiger partial charge in [0.25, 0.3) is 0 Å². The molecular weight excluding hydrogens is 573 g/mol. The molecule has 1 aliphatic rings. The topological polar surface area (TPSA) is 219 Å². The van der Waals surface area contributed by atoms with Crippen LogP contribution in [0.3, 0.4) is 0 Å². The fourth-order valence-electron chi connectivity index (χ4n) is 4.40. The monoisotopic (exact) mass is 595 g/mol. The second-order valence-electron chi connectivity index (χ2n) is 9.07. The van der Waals surface area contributed by atoms with Crippen LogP contribution in [0.25, 0.3) is 11.0 Å². The lowest BCUT2D eigenvalue weighted by molar-refractivity contribution is -0.0288. The van der Waals surface area contributed by atoms with Crippen molar-refractivity contribution in [3.05, 3.63) is 58.4 Å². The van der Waals surface area contributed by atoms with E-state index in [-0.39, 0.29) is 22.4 Å². The summed E-state index contributed by atoms with van der Waals surface area (Å²) in [4.78, 5) is 22.3. The number of nitrogens with zero attached hydrogens (tertiary/aromatic N) is 4. The fourth-order valence-corrected chi connectivity index (χ4v) is 7.86. The molecule has 0 saturated carbocycles. The highest BCUT2D eigenvalue weighted by atomic mass is 35.5. The molecule has 13 nitrogen and oxygen atoms in total. The van der Waals surface area contributed by atoms with Crippen molar-refractivity contribution >= 4 is 45.8 Å². The Labute approximate surface area is 227 Å². The van der Waals surface area contributed by atoms with Gasteiger partial charge in [0.05, 0.1) is 23.1 Å². The number of aliphatic hydroxyl groups excluding tert-OH is 2. The van der Waals surface area contributed by atoms with Crippen molar-refractivity contribution in [2.45, 2.75) is 37.5 Å². The lowest BCUT2D eigenvalue weighted by Gasteiger charge is -2.20. The van der Waals surface area contributed by atoms with E-state index in [1.807, 2.05) is 19.1 Å². The summed E-state index contributed by atoms with van der Waals surface area (Å²) in [5, 5.41) is 43.4. The van der Waals surface area contributed by atoms with E-state index >= 15 is 0 Å². The normalized spacial score (nSPS) is 22.4. The highest BCUT2D eigenvalue weighted by molar-refractivity contribution is 7.97. The van der Waals surface area contributed by atoms with Crippen molar-refractivity contribution in [1.29, 1.82) is 10.5 Å². The summed E-state index contributed by atoms with van der Waals surface area (Å²) in [6.07, 6.45) is -4.67. The summed E-state index contributed by atoms with van der Waals surface area (Å²) in [5.41, 5.74) is 0.410. The molecule has 5 atom stereocenters. The second kappa shape index (κ2) is 10.8. The van der Waals surface area contributed by atoms with Crippen molar-refractivity contribution in [3.8, 4) is 12.1 Å². The number of sulfone groups is 1. The van der Waals surface area contributed by atoms with E-state index in [0.29, 0.717) is 16.6 Å². The largest absolute Gasteiger partial charge is 0.387 e. The number of nitrogens with one attached hydrogen (secondary N) is 1. The predicted molar refractivity (Wildman–Crippen MR) is 139 cm³/mol. The molecule has 0 bridgehead atoms. The zero-order chi connectivity index (χ0) is 28.7. The van der Waals surface area contributed by atoms with Gasteiger partial charge in [0.15, 0.2) is 26.7 Å². The third-order valence-corrected chi connectivity index (χ3v) is 10.3. The van der Waals surface area contributed by atoms with Gasteiger partial charge in [-0.25, -0.2) is 13.4 Å². The van der Waals surface area contributed by atoms with Crippen LogP contribution in [0.5, 0.6) is 0 Å². The number of ether oxygens (including phenoxy) is 1. The molecule has 0 amide bonds. The number of nitriles is 2. The molecule has 3 aromatic rings. The number of hydrogen-bond donors (Lipinski definition) is 5. The van der Waals surface area contributed by atoms with Crippen LogP contribution in [0.4, 0.5) is 5.69 Å². The second-order valence-corrected chi connectivity index (χ2v) is 13.6. The maximum atomic E-state index is 12.2. The van der Waals surface area contributed by atoms with Crippen molar-refractivity contribution in [3.63, 3.8) is 0 Å². The molecule has 5 N–H and O–H groups in total. The Balaban J connectivity index is 1.68. The number of fused-ring (bicyclic) bond motifs is 1. The van der Waals surface area contributed by atoms with E-state index in [0.717, 1.165) is 5.56 Å². The Hall–Kier alpha value is -3.04. The van der Waals surface area contributed by atoms with Crippen LogP contribution >= 0.6 is 19.2 Å². The first-order valence-electron chi connectivity index (χ1n) is 11.4. The zero-order valence-corrected chi connectivity index (χ0v) is 22.7. The van der Waals surface area contributed by atoms with E-state index in [1.54, 1.807) is 30.3 Å². The lowest BCUT2D eigenvalue weighted by atomic mass is 10.1. The summed E-state index contributed by atoms with van der Waals surface area (Å²) >= 11 is 6.33. The summed E-state index contributed by atoms with van der Waals surface area (Å²) in [5.74, 6) is -0.937. The molecule has 1 saturated heterocycles. The number of aromatic nitrogens is 2. The third kappa shape index (κ3) is 6.09. The minimum atomic E-state index is -4.90. The highest BCUT2D eigenvalue weighted by Gasteiger charge is 2.46. The van der Waals surface area contributed by atoms with Gasteiger partial charge in [-0.1, -0.05) is 23.7 Å². The standard InChI is InChI=1S/C23H23ClN5O8PS/c1-12(14-4-2-13(8-25)3-5-14)27-18-15-6-7-29(22(15)28-21(24)16(18)9-26)23-20(31)19(30)17(37-23)10-39(35,36)11-38(32,33)34/h2-7,12,17,19-20,23,30-31H,10-11H2,1H3,(H,27,28)(H2,32,33,34)/t12-,17-,19-,20-,23-/m1/s1. The fraction of sp³-hybridized carbons (Fsp3) is 0.348. The molecule has 0 aliphatic carbocycles. The number of benzene rings is 1. The van der Waals surface area contributed by atoms with Crippen LogP contribution in [0.1, 0.15) is 35.9 Å². The van der Waals surface area contributed by atoms with Crippen molar-refractivity contribution in [2.75, 3.05) is 16.6 Å². The molecule has 16 heteroatoms. The van der Waals surface area contributed by atoms with E-state index in [4.69, 9.17) is 31.4 Å². The van der Waals surface area contributed by atoms with E-state index < -0.39 is 53.2 Å². The Bertz CT molecular complexity index is 1640. The molecule has 3 heterocycles. The number of hydrogen-bond acceptors (Lipinski definition) is 10. The van der Waals surface area contributed by atoms with E-state index in [1.165, 1.54) is 10.8 Å². The van der Waals surface area contributed by atoms with Gasteiger partial charge in [0.1, 0.15) is 35.6 Å². The average molecular weight is 596 g/mol. The van der Waals surface area contributed by atoms with Crippen LogP contribution in [0.2, 0.25) is 5.15 Å². The van der Waals surface area contributed by atoms with Crippen molar-refractivity contribution in [1.82, 2.24) is 9.55 Å². The van der Waals surface area contributed by atoms with Gasteiger partial charge in [-0.2, -0.15) is 10.5 Å². The van der Waals surface area contributed by atoms with Crippen LogP contribution < -0.4 is 5.32 Å². The van der Waals surface area contributed by atoms with E-state index in [2.05, 4.69) is 10.3 Å². The number of aliphatic hydroxyl groups is 2. The summed E-state index contributed by atoms with van der Waals surface area (Å²) in [6, 6.07) is 12.1. The first-order chi connectivity index (χ1) is 18.2. The number of anilines is 1. The molecule has 1 aliphatic heterocycles. The molecular formula is C23H23ClN5O8PS. The van der Waals surface area contributed by atoms with Crippen molar-refractivity contribution < 1.29 is 37.7 Å². The van der Waals surface area contributed by atoms with Gasteiger partial charge >= 0.3 is 7.60 Å². The molecule has 1 aromatic carbocycles. The Kier molecular flexibility index (Phi) is 8.06. The smallest absolute Gasteiger partial charge is 0.340 e. The highest BCUT2D eigenvalue weighted by Crippen LogP contribution is 2.40. The molecule has 39 heavy (non-hydrogen) atoms.